The lowest BCUT2D eigenvalue weighted by molar-refractivity contribution is -0.137. The van der Waals surface area contributed by atoms with Crippen LogP contribution < -0.4 is 0 Å². The second-order valence-corrected chi connectivity index (χ2v) is 6.55. The van der Waals surface area contributed by atoms with Gasteiger partial charge in [-0.25, -0.2) is 4.98 Å². The van der Waals surface area contributed by atoms with Crippen LogP contribution in [-0.2, 0) is 6.18 Å². The van der Waals surface area contributed by atoms with Crippen LogP contribution in [0.2, 0.25) is 0 Å². The van der Waals surface area contributed by atoms with Crippen molar-refractivity contribution in [3.05, 3.63) is 59.4 Å². The molecule has 3 nitrogen and oxygen atoms in total. The summed E-state index contributed by atoms with van der Waals surface area (Å²) in [6.07, 6.45) is -4.45. The van der Waals surface area contributed by atoms with Gasteiger partial charge in [-0.2, -0.15) is 13.2 Å². The summed E-state index contributed by atoms with van der Waals surface area (Å²) in [6.45, 7) is 7.54. The summed E-state index contributed by atoms with van der Waals surface area (Å²) in [5, 5.41) is 0. The molecule has 0 aliphatic heterocycles. The summed E-state index contributed by atoms with van der Waals surface area (Å²) in [7, 11) is 0. The van der Waals surface area contributed by atoms with Gasteiger partial charge in [-0.05, 0) is 45.4 Å². The fourth-order valence-corrected chi connectivity index (χ4v) is 3.13. The number of benzene rings is 2. The van der Waals surface area contributed by atoms with Crippen LogP contribution in [0, 0.1) is 6.92 Å². The van der Waals surface area contributed by atoms with Gasteiger partial charge in [0.05, 0.1) is 22.3 Å². The molecule has 0 radical (unpaired) electrons. The maximum Gasteiger partial charge on any atom is 0.416 e. The molecule has 6 heteroatoms. The third-order valence-electron chi connectivity index (χ3n) is 4.26. The number of hydrogen-bond acceptors (Lipinski definition) is 2. The molecular formula is C20H20F3N3. The van der Waals surface area contributed by atoms with Gasteiger partial charge in [0, 0.05) is 11.8 Å². The zero-order valence-electron chi connectivity index (χ0n) is 15.1. The predicted molar refractivity (Wildman–Crippen MR) is 98.2 cm³/mol. The van der Waals surface area contributed by atoms with Crippen molar-refractivity contribution in [2.75, 3.05) is 0 Å². The highest BCUT2D eigenvalue weighted by molar-refractivity contribution is 6.02. The Morgan fingerprint density at radius 3 is 2.35 bits per heavy atom. The molecule has 1 aromatic heterocycles. The zero-order valence-corrected chi connectivity index (χ0v) is 15.1. The van der Waals surface area contributed by atoms with Crippen LogP contribution in [0.25, 0.3) is 11.0 Å². The summed E-state index contributed by atoms with van der Waals surface area (Å²) in [6, 6.07) is 11.7. The molecule has 26 heavy (non-hydrogen) atoms. The number of hydrogen-bond donors (Lipinski definition) is 0. The van der Waals surface area contributed by atoms with Gasteiger partial charge in [0.15, 0.2) is 0 Å². The van der Waals surface area contributed by atoms with Crippen LogP contribution in [0.4, 0.5) is 18.9 Å². The molecule has 1 heterocycles. The maximum absolute atomic E-state index is 13.3. The largest absolute Gasteiger partial charge is 0.416 e. The van der Waals surface area contributed by atoms with Crippen molar-refractivity contribution in [2.45, 2.75) is 39.9 Å². The Kier molecular flexibility index (Phi) is 4.61. The van der Waals surface area contributed by atoms with Crippen molar-refractivity contribution in [3.63, 3.8) is 0 Å². The first-order valence-corrected chi connectivity index (χ1v) is 8.39. The van der Waals surface area contributed by atoms with Crippen LogP contribution in [0.5, 0.6) is 0 Å². The van der Waals surface area contributed by atoms with Crippen LogP contribution in [-0.4, -0.2) is 15.3 Å². The van der Waals surface area contributed by atoms with E-state index in [1.54, 1.807) is 13.8 Å². The highest BCUT2D eigenvalue weighted by Crippen LogP contribution is 2.38. The van der Waals surface area contributed by atoms with E-state index in [9.17, 15) is 13.2 Å². The molecule has 0 atom stereocenters. The molecule has 0 unspecified atom stereocenters. The van der Waals surface area contributed by atoms with Gasteiger partial charge in [0.1, 0.15) is 5.82 Å². The molecule has 3 aromatic rings. The second-order valence-electron chi connectivity index (χ2n) is 6.55. The van der Waals surface area contributed by atoms with Gasteiger partial charge >= 0.3 is 6.18 Å². The molecule has 0 bridgehead atoms. The average molecular weight is 359 g/mol. The Bertz CT molecular complexity index is 967. The maximum atomic E-state index is 13.3. The first-order chi connectivity index (χ1) is 12.2. The fraction of sp³-hybridized carbons (Fsp3) is 0.300. The normalized spacial score (nSPS) is 13.0. The number of aromatic nitrogens is 2. The van der Waals surface area contributed by atoms with Gasteiger partial charge in [-0.15, -0.1) is 0 Å². The molecule has 0 fully saturated rings. The topological polar surface area (TPSA) is 30.2 Å². The minimum absolute atomic E-state index is 0.0581. The summed E-state index contributed by atoms with van der Waals surface area (Å²) in [5.41, 5.74) is 2.00. The van der Waals surface area contributed by atoms with E-state index in [4.69, 9.17) is 0 Å². The van der Waals surface area contributed by atoms with Crippen molar-refractivity contribution in [3.8, 4) is 0 Å². The van der Waals surface area contributed by atoms with Gasteiger partial charge in [0.25, 0.3) is 0 Å². The third kappa shape index (κ3) is 3.36. The standard InChI is InChI=1S/C20H20F3N3/c1-12(2)26-14(4)25-18-11-16(20(21,22)23)10-17(19(18)26)24-13(3)15-8-6-5-7-9-15/h5-12H,1-4H3. The Morgan fingerprint density at radius 1 is 1.12 bits per heavy atom. The van der Waals surface area contributed by atoms with E-state index < -0.39 is 11.7 Å². The number of halogens is 3. The molecule has 0 saturated carbocycles. The van der Waals surface area contributed by atoms with Crippen LogP contribution in [0.3, 0.4) is 0 Å². The minimum atomic E-state index is -4.45. The fourth-order valence-electron chi connectivity index (χ4n) is 3.13. The zero-order chi connectivity index (χ0) is 19.1. The van der Waals surface area contributed by atoms with Crippen molar-refractivity contribution >= 4 is 22.4 Å². The number of aliphatic imine (C=N–C) groups is 1. The summed E-state index contributed by atoms with van der Waals surface area (Å²) >= 11 is 0. The number of alkyl halides is 3. The summed E-state index contributed by atoms with van der Waals surface area (Å²) in [5.74, 6) is 0.670. The Hall–Kier alpha value is -2.63. The van der Waals surface area contributed by atoms with E-state index >= 15 is 0 Å². The van der Waals surface area contributed by atoms with E-state index in [0.717, 1.165) is 17.7 Å². The smallest absolute Gasteiger partial charge is 0.324 e. The van der Waals surface area contributed by atoms with Gasteiger partial charge < -0.3 is 4.57 Å². The lowest BCUT2D eigenvalue weighted by Crippen LogP contribution is -2.06. The van der Waals surface area contributed by atoms with Crippen molar-refractivity contribution in [2.24, 2.45) is 4.99 Å². The molecule has 0 amide bonds. The lowest BCUT2D eigenvalue weighted by Gasteiger charge is -2.14. The predicted octanol–water partition coefficient (Wildman–Crippen LogP) is 6.09. The number of nitrogens with zero attached hydrogens (tertiary/aromatic N) is 3. The Labute approximate surface area is 150 Å². The van der Waals surface area contributed by atoms with Crippen molar-refractivity contribution in [1.29, 1.82) is 0 Å². The molecular weight excluding hydrogens is 339 g/mol. The average Bonchev–Trinajstić information content (AvgIpc) is 2.91. The first kappa shape index (κ1) is 18.2. The van der Waals surface area contributed by atoms with E-state index in [0.29, 0.717) is 22.6 Å². The summed E-state index contributed by atoms with van der Waals surface area (Å²) in [4.78, 5) is 8.89. The van der Waals surface area contributed by atoms with E-state index in [-0.39, 0.29) is 11.7 Å². The van der Waals surface area contributed by atoms with Crippen LogP contribution >= 0.6 is 0 Å². The van der Waals surface area contributed by atoms with E-state index in [1.165, 1.54) is 0 Å². The molecule has 0 spiro atoms. The number of aryl methyl sites for hydroxylation is 1. The second kappa shape index (κ2) is 6.59. The number of fused-ring (bicyclic) bond motifs is 1. The monoisotopic (exact) mass is 359 g/mol. The Morgan fingerprint density at radius 2 is 1.77 bits per heavy atom. The molecule has 0 N–H and O–H groups in total. The first-order valence-electron chi connectivity index (χ1n) is 8.39. The molecule has 0 aliphatic rings. The minimum Gasteiger partial charge on any atom is -0.324 e. The van der Waals surface area contributed by atoms with Gasteiger partial charge in [-0.1, -0.05) is 30.3 Å². The number of rotatable bonds is 3. The van der Waals surface area contributed by atoms with Crippen molar-refractivity contribution in [1.82, 2.24) is 9.55 Å². The molecule has 136 valence electrons. The molecule has 0 saturated heterocycles. The Balaban J connectivity index is 2.30. The SMILES string of the molecule is CC(=Nc1cc(C(F)(F)F)cc2nc(C)n(C(C)C)c12)c1ccccc1. The van der Waals surface area contributed by atoms with Crippen molar-refractivity contribution < 1.29 is 13.2 Å². The molecule has 3 rings (SSSR count). The van der Waals surface area contributed by atoms with E-state index in [2.05, 4.69) is 9.98 Å². The quantitative estimate of drug-likeness (QED) is 0.521. The molecule has 0 aliphatic carbocycles. The third-order valence-corrected chi connectivity index (χ3v) is 4.26. The van der Waals surface area contributed by atoms with Gasteiger partial charge in [0.2, 0.25) is 0 Å². The van der Waals surface area contributed by atoms with Gasteiger partial charge in [-0.3, -0.25) is 4.99 Å². The highest BCUT2D eigenvalue weighted by atomic mass is 19.4. The highest BCUT2D eigenvalue weighted by Gasteiger charge is 2.32. The summed E-state index contributed by atoms with van der Waals surface area (Å²) < 4.78 is 41.9. The van der Waals surface area contributed by atoms with Crippen LogP contribution in [0.1, 0.15) is 43.8 Å². The van der Waals surface area contributed by atoms with Crippen LogP contribution in [0.15, 0.2) is 47.5 Å². The van der Waals surface area contributed by atoms with E-state index in [1.807, 2.05) is 48.7 Å². The molecule has 2 aromatic carbocycles. The lowest BCUT2D eigenvalue weighted by atomic mass is 10.1. The number of imidazole rings is 1.